The average molecular weight is 300 g/mol. The van der Waals surface area contributed by atoms with Crippen molar-refractivity contribution < 1.29 is 14.7 Å². The first kappa shape index (κ1) is 14.2. The summed E-state index contributed by atoms with van der Waals surface area (Å²) in [5, 5.41) is 13.2. The fraction of sp³-hybridized carbons (Fsp3) is 0.333. The van der Waals surface area contributed by atoms with E-state index in [0.29, 0.717) is 30.9 Å². The number of piperidine rings is 1. The van der Waals surface area contributed by atoms with Gasteiger partial charge in [0, 0.05) is 25.5 Å². The molecule has 22 heavy (non-hydrogen) atoms. The molecule has 0 saturated carbocycles. The number of aromatic nitrogens is 3. The highest BCUT2D eigenvalue weighted by Gasteiger charge is 2.29. The summed E-state index contributed by atoms with van der Waals surface area (Å²) in [7, 11) is 0. The summed E-state index contributed by atoms with van der Waals surface area (Å²) < 4.78 is 1.58. The Balaban J connectivity index is 1.80. The van der Waals surface area contributed by atoms with Gasteiger partial charge in [0.25, 0.3) is 5.91 Å². The van der Waals surface area contributed by atoms with Gasteiger partial charge in [-0.25, -0.2) is 9.67 Å². The van der Waals surface area contributed by atoms with Gasteiger partial charge in [0.15, 0.2) is 5.82 Å². The lowest BCUT2D eigenvalue weighted by molar-refractivity contribution is -0.143. The van der Waals surface area contributed by atoms with Crippen molar-refractivity contribution in [3.63, 3.8) is 0 Å². The van der Waals surface area contributed by atoms with Crippen LogP contribution < -0.4 is 0 Å². The Hall–Kier alpha value is -2.70. The van der Waals surface area contributed by atoms with Crippen LogP contribution in [0.25, 0.3) is 5.82 Å². The van der Waals surface area contributed by atoms with E-state index in [9.17, 15) is 9.59 Å². The van der Waals surface area contributed by atoms with Crippen LogP contribution in [0.4, 0.5) is 0 Å². The van der Waals surface area contributed by atoms with Crippen LogP contribution in [0.5, 0.6) is 0 Å². The van der Waals surface area contributed by atoms with Gasteiger partial charge in [0.1, 0.15) is 5.69 Å². The predicted molar refractivity (Wildman–Crippen MR) is 77.6 cm³/mol. The number of hydrogen-bond donors (Lipinski definition) is 1. The molecule has 0 unspecified atom stereocenters. The van der Waals surface area contributed by atoms with Gasteiger partial charge in [0.2, 0.25) is 0 Å². The topological polar surface area (TPSA) is 88.3 Å². The van der Waals surface area contributed by atoms with Crippen molar-refractivity contribution in [2.45, 2.75) is 12.8 Å². The molecule has 7 nitrogen and oxygen atoms in total. The molecule has 3 rings (SSSR count). The predicted octanol–water partition coefficient (Wildman–Crippen LogP) is 1.20. The highest BCUT2D eigenvalue weighted by atomic mass is 16.4. The largest absolute Gasteiger partial charge is 0.481 e. The number of nitrogens with zero attached hydrogens (tertiary/aromatic N) is 4. The standard InChI is InChI=1S/C15H16N4O3/c20-14(18-8-2-4-11(10-18)15(21)22)12-5-1-6-13(17-12)19-9-3-7-16-19/h1,3,5-7,9,11H,2,4,8,10H2,(H,21,22)/t11-/m0/s1. The first-order valence-electron chi connectivity index (χ1n) is 7.14. The summed E-state index contributed by atoms with van der Waals surface area (Å²) >= 11 is 0. The Labute approximate surface area is 127 Å². The molecular weight excluding hydrogens is 284 g/mol. The molecule has 0 bridgehead atoms. The first-order valence-corrected chi connectivity index (χ1v) is 7.14. The van der Waals surface area contributed by atoms with Gasteiger partial charge in [-0.05, 0) is 31.0 Å². The summed E-state index contributed by atoms with van der Waals surface area (Å²) in [5.74, 6) is -1.02. The molecule has 1 saturated heterocycles. The second-order valence-electron chi connectivity index (χ2n) is 5.26. The number of likely N-dealkylation sites (tertiary alicyclic amines) is 1. The molecule has 1 N–H and O–H groups in total. The van der Waals surface area contributed by atoms with Gasteiger partial charge in [-0.2, -0.15) is 5.10 Å². The molecule has 0 aromatic carbocycles. The summed E-state index contributed by atoms with van der Waals surface area (Å²) in [4.78, 5) is 29.5. The molecule has 0 radical (unpaired) electrons. The Morgan fingerprint density at radius 3 is 2.86 bits per heavy atom. The van der Waals surface area contributed by atoms with Gasteiger partial charge >= 0.3 is 5.97 Å². The second-order valence-corrected chi connectivity index (χ2v) is 5.26. The molecule has 1 aliphatic heterocycles. The maximum atomic E-state index is 12.5. The molecule has 114 valence electrons. The highest BCUT2D eigenvalue weighted by molar-refractivity contribution is 5.92. The fourth-order valence-electron chi connectivity index (χ4n) is 2.60. The van der Waals surface area contributed by atoms with Crippen LogP contribution in [-0.4, -0.2) is 49.7 Å². The van der Waals surface area contributed by atoms with Gasteiger partial charge in [-0.15, -0.1) is 0 Å². The lowest BCUT2D eigenvalue weighted by Crippen LogP contribution is -2.42. The molecular formula is C15H16N4O3. The first-order chi connectivity index (χ1) is 10.6. The number of carbonyl (C=O) groups is 2. The van der Waals surface area contributed by atoms with Crippen LogP contribution >= 0.6 is 0 Å². The van der Waals surface area contributed by atoms with Gasteiger partial charge < -0.3 is 10.0 Å². The van der Waals surface area contributed by atoms with Crippen LogP contribution in [0.2, 0.25) is 0 Å². The molecule has 1 fully saturated rings. The second kappa shape index (κ2) is 5.97. The van der Waals surface area contributed by atoms with Gasteiger partial charge in [-0.1, -0.05) is 6.07 Å². The van der Waals surface area contributed by atoms with Crippen LogP contribution in [0.3, 0.4) is 0 Å². The molecule has 1 amide bonds. The molecule has 2 aromatic rings. The van der Waals surface area contributed by atoms with Crippen LogP contribution in [-0.2, 0) is 4.79 Å². The summed E-state index contributed by atoms with van der Waals surface area (Å²) in [6, 6.07) is 6.92. The number of amides is 1. The van der Waals surface area contributed by atoms with E-state index in [2.05, 4.69) is 10.1 Å². The summed E-state index contributed by atoms with van der Waals surface area (Å²) in [6.45, 7) is 0.804. The van der Waals surface area contributed by atoms with Crippen molar-refractivity contribution in [1.82, 2.24) is 19.7 Å². The lowest BCUT2D eigenvalue weighted by atomic mass is 9.98. The number of rotatable bonds is 3. The van der Waals surface area contributed by atoms with E-state index >= 15 is 0 Å². The Morgan fingerprint density at radius 2 is 2.14 bits per heavy atom. The van der Waals surface area contributed by atoms with Crippen molar-refractivity contribution in [2.24, 2.45) is 5.92 Å². The third-order valence-corrected chi connectivity index (χ3v) is 3.75. The Morgan fingerprint density at radius 1 is 1.27 bits per heavy atom. The minimum atomic E-state index is -0.851. The zero-order chi connectivity index (χ0) is 15.5. The fourth-order valence-corrected chi connectivity index (χ4v) is 2.60. The van der Waals surface area contributed by atoms with Crippen molar-refractivity contribution in [2.75, 3.05) is 13.1 Å². The van der Waals surface area contributed by atoms with E-state index in [-0.39, 0.29) is 12.5 Å². The van der Waals surface area contributed by atoms with Crippen LogP contribution in [0, 0.1) is 5.92 Å². The summed E-state index contributed by atoms with van der Waals surface area (Å²) in [6.07, 6.45) is 4.69. The molecule has 1 aliphatic rings. The number of pyridine rings is 1. The van der Waals surface area contributed by atoms with Crippen LogP contribution in [0.15, 0.2) is 36.7 Å². The molecule has 7 heteroatoms. The van der Waals surface area contributed by atoms with E-state index in [4.69, 9.17) is 5.11 Å². The molecule has 0 spiro atoms. The van der Waals surface area contributed by atoms with Gasteiger partial charge in [0.05, 0.1) is 5.92 Å². The monoisotopic (exact) mass is 300 g/mol. The zero-order valence-electron chi connectivity index (χ0n) is 11.9. The van der Waals surface area contributed by atoms with E-state index in [0.717, 1.165) is 0 Å². The van der Waals surface area contributed by atoms with E-state index in [1.165, 1.54) is 0 Å². The third-order valence-electron chi connectivity index (χ3n) is 3.75. The average Bonchev–Trinajstić information content (AvgIpc) is 3.09. The smallest absolute Gasteiger partial charge is 0.308 e. The van der Waals surface area contributed by atoms with Gasteiger partial charge in [-0.3, -0.25) is 9.59 Å². The molecule has 1 atom stereocenters. The summed E-state index contributed by atoms with van der Waals surface area (Å²) in [5.41, 5.74) is 0.305. The zero-order valence-corrected chi connectivity index (χ0v) is 11.9. The van der Waals surface area contributed by atoms with Crippen molar-refractivity contribution in [3.8, 4) is 5.82 Å². The SMILES string of the molecule is O=C(O)[C@H]1CCCN(C(=O)c2cccc(-n3cccn3)n2)C1. The van der Waals surface area contributed by atoms with E-state index < -0.39 is 11.9 Å². The molecule has 2 aromatic heterocycles. The van der Waals surface area contributed by atoms with Crippen LogP contribution in [0.1, 0.15) is 23.3 Å². The third kappa shape index (κ3) is 2.83. The molecule has 0 aliphatic carbocycles. The molecule has 3 heterocycles. The maximum absolute atomic E-state index is 12.5. The number of hydrogen-bond acceptors (Lipinski definition) is 4. The van der Waals surface area contributed by atoms with E-state index in [1.807, 2.05) is 0 Å². The number of carboxylic acids is 1. The number of carboxylic acid groups (broad SMARTS) is 1. The Bertz CT molecular complexity index is 684. The minimum absolute atomic E-state index is 0.236. The van der Waals surface area contributed by atoms with Crippen molar-refractivity contribution in [1.29, 1.82) is 0 Å². The number of aliphatic carboxylic acids is 1. The maximum Gasteiger partial charge on any atom is 0.308 e. The normalized spacial score (nSPS) is 18.2. The quantitative estimate of drug-likeness (QED) is 0.920. The van der Waals surface area contributed by atoms with E-state index in [1.54, 1.807) is 46.2 Å². The Kier molecular flexibility index (Phi) is 3.86. The minimum Gasteiger partial charge on any atom is -0.481 e. The van der Waals surface area contributed by atoms with Crippen molar-refractivity contribution in [3.05, 3.63) is 42.4 Å². The van der Waals surface area contributed by atoms with Crippen molar-refractivity contribution >= 4 is 11.9 Å². The lowest BCUT2D eigenvalue weighted by Gasteiger charge is -2.30. The highest BCUT2D eigenvalue weighted by Crippen LogP contribution is 2.18. The number of carbonyl (C=O) groups excluding carboxylic acids is 1.